The number of hydrogen-bond acceptors (Lipinski definition) is 2. The third-order valence-corrected chi connectivity index (χ3v) is 3.95. The third kappa shape index (κ3) is 2.84. The molecule has 1 heterocycles. The molecule has 1 unspecified atom stereocenters. The first-order chi connectivity index (χ1) is 10.0. The molecule has 0 bridgehead atoms. The van der Waals surface area contributed by atoms with E-state index in [0.717, 1.165) is 28.1 Å². The van der Waals surface area contributed by atoms with E-state index in [4.69, 9.17) is 10.2 Å². The summed E-state index contributed by atoms with van der Waals surface area (Å²) in [4.78, 5) is 0. The molecule has 0 amide bonds. The molecule has 3 aromatic rings. The Morgan fingerprint density at radius 3 is 2.71 bits per heavy atom. The molecule has 0 saturated heterocycles. The van der Waals surface area contributed by atoms with E-state index in [1.54, 1.807) is 0 Å². The number of halogens is 3. The van der Waals surface area contributed by atoms with E-state index in [1.165, 1.54) is 0 Å². The van der Waals surface area contributed by atoms with E-state index in [2.05, 4.69) is 15.9 Å². The zero-order valence-corrected chi connectivity index (χ0v) is 12.5. The predicted molar refractivity (Wildman–Crippen MR) is 80.9 cm³/mol. The molecule has 0 radical (unpaired) electrons. The molecular formula is C16H12BrF2NO. The minimum Gasteiger partial charge on any atom is -0.458 e. The zero-order valence-electron chi connectivity index (χ0n) is 10.9. The summed E-state index contributed by atoms with van der Waals surface area (Å²) in [6.07, 6.45) is 0.168. The van der Waals surface area contributed by atoms with E-state index in [-0.39, 0.29) is 12.0 Å². The van der Waals surface area contributed by atoms with E-state index in [9.17, 15) is 8.78 Å². The number of rotatable bonds is 3. The zero-order chi connectivity index (χ0) is 15.0. The van der Waals surface area contributed by atoms with E-state index in [0.29, 0.717) is 11.3 Å². The highest BCUT2D eigenvalue weighted by Crippen LogP contribution is 2.30. The second kappa shape index (κ2) is 5.58. The van der Waals surface area contributed by atoms with Crippen LogP contribution >= 0.6 is 15.9 Å². The van der Waals surface area contributed by atoms with Crippen molar-refractivity contribution in [2.24, 2.45) is 5.73 Å². The lowest BCUT2D eigenvalue weighted by Gasteiger charge is -2.09. The maximum absolute atomic E-state index is 13.7. The van der Waals surface area contributed by atoms with Gasteiger partial charge in [0.25, 0.3) is 0 Å². The summed E-state index contributed by atoms with van der Waals surface area (Å²) in [7, 11) is 0. The molecular weight excluding hydrogens is 340 g/mol. The van der Waals surface area contributed by atoms with Crippen LogP contribution in [-0.4, -0.2) is 0 Å². The monoisotopic (exact) mass is 351 g/mol. The maximum atomic E-state index is 13.7. The Hall–Kier alpha value is -1.72. The molecule has 108 valence electrons. The molecule has 0 aliphatic heterocycles. The van der Waals surface area contributed by atoms with Gasteiger partial charge in [0.2, 0.25) is 0 Å². The summed E-state index contributed by atoms with van der Waals surface area (Å²) in [5, 5.41) is 0.912. The quantitative estimate of drug-likeness (QED) is 0.741. The SMILES string of the molecule is NC(Cc1cc(F)ccc1F)c1cc2cccc(Br)c2o1. The molecule has 5 heteroatoms. The van der Waals surface area contributed by atoms with Crippen LogP contribution in [0.5, 0.6) is 0 Å². The van der Waals surface area contributed by atoms with Gasteiger partial charge in [0.15, 0.2) is 0 Å². The van der Waals surface area contributed by atoms with Crippen LogP contribution in [0.1, 0.15) is 17.4 Å². The van der Waals surface area contributed by atoms with Crippen LogP contribution in [0.3, 0.4) is 0 Å². The molecule has 1 atom stereocenters. The van der Waals surface area contributed by atoms with Crippen molar-refractivity contribution in [1.29, 1.82) is 0 Å². The van der Waals surface area contributed by atoms with Crippen molar-refractivity contribution in [2.75, 3.05) is 0 Å². The number of nitrogens with two attached hydrogens (primary N) is 1. The Kier molecular flexibility index (Phi) is 3.78. The Labute approximate surface area is 128 Å². The van der Waals surface area contributed by atoms with Gasteiger partial charge in [-0.1, -0.05) is 12.1 Å². The smallest absolute Gasteiger partial charge is 0.148 e. The topological polar surface area (TPSA) is 39.2 Å². The third-order valence-electron chi connectivity index (χ3n) is 3.33. The van der Waals surface area contributed by atoms with Gasteiger partial charge in [0, 0.05) is 5.39 Å². The molecule has 0 aliphatic carbocycles. The molecule has 2 N–H and O–H groups in total. The lowest BCUT2D eigenvalue weighted by Crippen LogP contribution is -2.13. The molecule has 1 aromatic heterocycles. The first-order valence-electron chi connectivity index (χ1n) is 6.42. The van der Waals surface area contributed by atoms with Crippen molar-refractivity contribution in [2.45, 2.75) is 12.5 Å². The van der Waals surface area contributed by atoms with Crippen molar-refractivity contribution in [1.82, 2.24) is 0 Å². The second-order valence-corrected chi connectivity index (χ2v) is 5.71. The maximum Gasteiger partial charge on any atom is 0.148 e. The summed E-state index contributed by atoms with van der Waals surface area (Å²) in [5.41, 5.74) is 7.00. The molecule has 2 nitrogen and oxygen atoms in total. The Balaban J connectivity index is 1.91. The summed E-state index contributed by atoms with van der Waals surface area (Å²) in [6.45, 7) is 0. The lowest BCUT2D eigenvalue weighted by molar-refractivity contribution is 0.485. The molecule has 2 aromatic carbocycles. The van der Waals surface area contributed by atoms with Crippen molar-refractivity contribution in [3.8, 4) is 0 Å². The van der Waals surface area contributed by atoms with Gasteiger partial charge >= 0.3 is 0 Å². The van der Waals surface area contributed by atoms with E-state index >= 15 is 0 Å². The number of fused-ring (bicyclic) bond motifs is 1. The van der Waals surface area contributed by atoms with Gasteiger partial charge < -0.3 is 10.2 Å². The van der Waals surface area contributed by atoms with Crippen molar-refractivity contribution in [3.05, 3.63) is 69.9 Å². The summed E-state index contributed by atoms with van der Waals surface area (Å²) in [5.74, 6) is -0.407. The average Bonchev–Trinajstić information content (AvgIpc) is 2.88. The fourth-order valence-corrected chi connectivity index (χ4v) is 2.73. The Morgan fingerprint density at radius 1 is 1.14 bits per heavy atom. The van der Waals surface area contributed by atoms with Crippen LogP contribution in [0, 0.1) is 11.6 Å². The number of furan rings is 1. The Morgan fingerprint density at radius 2 is 1.95 bits per heavy atom. The van der Waals surface area contributed by atoms with Gasteiger partial charge in [-0.2, -0.15) is 0 Å². The highest BCUT2D eigenvalue weighted by atomic mass is 79.9. The van der Waals surface area contributed by atoms with Crippen molar-refractivity contribution < 1.29 is 13.2 Å². The highest BCUT2D eigenvalue weighted by molar-refractivity contribution is 9.10. The first-order valence-corrected chi connectivity index (χ1v) is 7.21. The molecule has 0 aliphatic rings. The van der Waals surface area contributed by atoms with Gasteiger partial charge in [-0.05, 0) is 58.2 Å². The standard InChI is InChI=1S/C16H12BrF2NO/c17-12-3-1-2-9-8-15(21-16(9)12)14(20)7-10-6-11(18)4-5-13(10)19/h1-6,8,14H,7,20H2. The number of benzene rings is 2. The minimum atomic E-state index is -0.541. The number of para-hydroxylation sites is 1. The normalized spacial score (nSPS) is 12.8. The average molecular weight is 352 g/mol. The van der Waals surface area contributed by atoms with Crippen LogP contribution in [0.2, 0.25) is 0 Å². The second-order valence-electron chi connectivity index (χ2n) is 4.85. The Bertz CT molecular complexity index is 800. The molecule has 21 heavy (non-hydrogen) atoms. The van der Waals surface area contributed by atoms with Crippen molar-refractivity contribution >= 4 is 26.9 Å². The summed E-state index contributed by atoms with van der Waals surface area (Å²) >= 11 is 3.40. The van der Waals surface area contributed by atoms with Gasteiger partial charge in [0.05, 0.1) is 10.5 Å². The molecule has 0 spiro atoms. The fourth-order valence-electron chi connectivity index (χ4n) is 2.27. The largest absolute Gasteiger partial charge is 0.458 e. The summed E-state index contributed by atoms with van der Waals surface area (Å²) < 4.78 is 33.4. The van der Waals surface area contributed by atoms with E-state index < -0.39 is 17.7 Å². The van der Waals surface area contributed by atoms with Gasteiger partial charge in [-0.3, -0.25) is 0 Å². The summed E-state index contributed by atoms with van der Waals surface area (Å²) in [6, 6.07) is 10.3. The van der Waals surface area contributed by atoms with E-state index in [1.807, 2.05) is 24.3 Å². The fraction of sp³-hybridized carbons (Fsp3) is 0.125. The number of hydrogen-bond donors (Lipinski definition) is 1. The van der Waals surface area contributed by atoms with Gasteiger partial charge in [0.1, 0.15) is 23.0 Å². The first kappa shape index (κ1) is 14.2. The predicted octanol–water partition coefficient (Wildman–Crippen LogP) is 4.72. The lowest BCUT2D eigenvalue weighted by atomic mass is 10.0. The van der Waals surface area contributed by atoms with Crippen LogP contribution in [-0.2, 0) is 6.42 Å². The van der Waals surface area contributed by atoms with Gasteiger partial charge in [-0.15, -0.1) is 0 Å². The molecule has 0 saturated carbocycles. The van der Waals surface area contributed by atoms with Crippen LogP contribution in [0.15, 0.2) is 51.4 Å². The van der Waals surface area contributed by atoms with Crippen LogP contribution in [0.25, 0.3) is 11.0 Å². The minimum absolute atomic E-state index is 0.168. The van der Waals surface area contributed by atoms with Crippen molar-refractivity contribution in [3.63, 3.8) is 0 Å². The van der Waals surface area contributed by atoms with Crippen LogP contribution in [0.4, 0.5) is 8.78 Å². The highest BCUT2D eigenvalue weighted by Gasteiger charge is 2.16. The molecule has 3 rings (SSSR count). The van der Waals surface area contributed by atoms with Gasteiger partial charge in [-0.25, -0.2) is 8.78 Å². The molecule has 0 fully saturated rings. The van der Waals surface area contributed by atoms with Crippen LogP contribution < -0.4 is 5.73 Å².